The Balaban J connectivity index is 5.23. The fraction of sp³-hybridized carbons (Fsp3) is 0.953. The molecule has 0 saturated carbocycles. The van der Waals surface area contributed by atoms with Crippen LogP contribution in [0.5, 0.6) is 0 Å². The first-order valence-corrected chi connectivity index (χ1v) is 46.9. The van der Waals surface area contributed by atoms with Crippen LogP contribution in [0.4, 0.5) is 0 Å². The van der Waals surface area contributed by atoms with Gasteiger partial charge in [-0.05, 0) is 43.4 Å². The Bertz CT molecular complexity index is 2010. The molecule has 19 heteroatoms. The van der Waals surface area contributed by atoms with E-state index in [1.807, 2.05) is 0 Å². The van der Waals surface area contributed by atoms with Crippen LogP contribution in [0.15, 0.2) is 0 Å². The van der Waals surface area contributed by atoms with E-state index in [0.717, 1.165) is 108 Å². The van der Waals surface area contributed by atoms with Gasteiger partial charge >= 0.3 is 39.5 Å². The highest BCUT2D eigenvalue weighted by Gasteiger charge is 2.30. The molecule has 0 amide bonds. The molecule has 0 aliphatic carbocycles. The third-order valence-corrected chi connectivity index (χ3v) is 22.1. The van der Waals surface area contributed by atoms with E-state index in [9.17, 15) is 43.2 Å². The summed E-state index contributed by atoms with van der Waals surface area (Å²) in [5, 5.41) is 10.7. The van der Waals surface area contributed by atoms with Crippen molar-refractivity contribution >= 4 is 39.5 Å². The largest absolute Gasteiger partial charge is 0.472 e. The van der Waals surface area contributed by atoms with Gasteiger partial charge in [-0.15, -0.1) is 0 Å². The Morgan fingerprint density at radius 1 is 0.279 bits per heavy atom. The van der Waals surface area contributed by atoms with Crippen LogP contribution in [0.25, 0.3) is 0 Å². The van der Waals surface area contributed by atoms with Gasteiger partial charge in [0.25, 0.3) is 0 Å². The molecule has 6 atom stereocenters. The zero-order valence-electron chi connectivity index (χ0n) is 68.5. The van der Waals surface area contributed by atoms with Gasteiger partial charge in [0.2, 0.25) is 0 Å². The van der Waals surface area contributed by atoms with E-state index in [-0.39, 0.29) is 25.7 Å². The summed E-state index contributed by atoms with van der Waals surface area (Å²) in [6.07, 6.45) is 65.3. The molecule has 0 radical (unpaired) electrons. The Morgan fingerprint density at radius 2 is 0.490 bits per heavy atom. The minimum atomic E-state index is -4.97. The molecule has 618 valence electrons. The second kappa shape index (κ2) is 75.1. The van der Waals surface area contributed by atoms with E-state index in [0.29, 0.717) is 31.6 Å². The average molecular weight is 1520 g/mol. The molecule has 0 bridgehead atoms. The minimum Gasteiger partial charge on any atom is -0.462 e. The highest BCUT2D eigenvalue weighted by Crippen LogP contribution is 2.45. The predicted molar refractivity (Wildman–Crippen MR) is 428 cm³/mol. The summed E-state index contributed by atoms with van der Waals surface area (Å²) >= 11 is 0. The molecule has 3 unspecified atom stereocenters. The Kier molecular flexibility index (Phi) is 73.7. The lowest BCUT2D eigenvalue weighted by atomic mass is 9.99. The number of aliphatic hydroxyl groups is 1. The van der Waals surface area contributed by atoms with Crippen LogP contribution in [0.2, 0.25) is 0 Å². The molecule has 0 aliphatic heterocycles. The summed E-state index contributed by atoms with van der Waals surface area (Å²) in [5.41, 5.74) is 0. The van der Waals surface area contributed by atoms with Gasteiger partial charge < -0.3 is 33.8 Å². The first-order valence-electron chi connectivity index (χ1n) is 43.9. The molecule has 104 heavy (non-hydrogen) atoms. The Hall–Kier alpha value is -1.94. The van der Waals surface area contributed by atoms with Gasteiger partial charge in [-0.25, -0.2) is 9.13 Å². The molecule has 0 aliphatic rings. The van der Waals surface area contributed by atoms with Gasteiger partial charge in [0, 0.05) is 25.7 Å². The van der Waals surface area contributed by atoms with Gasteiger partial charge in [0.15, 0.2) is 12.2 Å². The minimum absolute atomic E-state index is 0.107. The van der Waals surface area contributed by atoms with Crippen molar-refractivity contribution < 1.29 is 80.2 Å². The summed E-state index contributed by atoms with van der Waals surface area (Å²) < 4.78 is 68.8. The van der Waals surface area contributed by atoms with Crippen LogP contribution in [0.3, 0.4) is 0 Å². The van der Waals surface area contributed by atoms with Gasteiger partial charge in [-0.2, -0.15) is 0 Å². The molecule has 0 aromatic heterocycles. The maximum Gasteiger partial charge on any atom is 0.472 e. The SMILES string of the molecule is CCCCCCCCCCCCCCCCCC(=O)O[C@H](COC(=O)CCCCCCCCCC(C)C)COP(=O)(O)OC[C@H](O)COP(=O)(O)OC[C@@H](COC(=O)CCCCCCCCCCCCCCCCC(C)CC)OC(=O)CCCCCCCCCCCCCCCCCCCCC(C)C. The molecule has 0 aromatic carbocycles. The van der Waals surface area contributed by atoms with Crippen molar-refractivity contribution in [1.29, 1.82) is 0 Å². The molecule has 17 nitrogen and oxygen atoms in total. The lowest BCUT2D eigenvalue weighted by Crippen LogP contribution is -2.30. The fourth-order valence-corrected chi connectivity index (χ4v) is 14.7. The number of phosphoric acid groups is 2. The number of unbranched alkanes of at least 4 members (excludes halogenated alkanes) is 50. The predicted octanol–water partition coefficient (Wildman–Crippen LogP) is 25.7. The Morgan fingerprint density at radius 3 is 0.731 bits per heavy atom. The van der Waals surface area contributed by atoms with E-state index in [1.54, 1.807) is 0 Å². The molecule has 0 aromatic rings. The maximum absolute atomic E-state index is 13.1. The van der Waals surface area contributed by atoms with Crippen LogP contribution in [0.1, 0.15) is 447 Å². The normalized spacial score (nSPS) is 14.2. The smallest absolute Gasteiger partial charge is 0.462 e. The van der Waals surface area contributed by atoms with Gasteiger partial charge in [0.1, 0.15) is 19.3 Å². The van der Waals surface area contributed by atoms with Crippen molar-refractivity contribution in [2.75, 3.05) is 39.6 Å². The second-order valence-electron chi connectivity index (χ2n) is 31.8. The number of hydrogen-bond donors (Lipinski definition) is 3. The number of rotatable bonds is 83. The highest BCUT2D eigenvalue weighted by molar-refractivity contribution is 7.47. The molecule has 0 fully saturated rings. The van der Waals surface area contributed by atoms with Crippen molar-refractivity contribution in [3.05, 3.63) is 0 Å². The number of hydrogen-bond acceptors (Lipinski definition) is 15. The second-order valence-corrected chi connectivity index (χ2v) is 34.7. The van der Waals surface area contributed by atoms with Crippen molar-refractivity contribution in [2.24, 2.45) is 17.8 Å². The molecular formula is C85H166O17P2. The molecule has 0 saturated heterocycles. The molecular weight excluding hydrogens is 1350 g/mol. The van der Waals surface area contributed by atoms with Crippen molar-refractivity contribution in [1.82, 2.24) is 0 Å². The first-order chi connectivity index (χ1) is 50.3. The third-order valence-electron chi connectivity index (χ3n) is 20.2. The van der Waals surface area contributed by atoms with Gasteiger partial charge in [-0.1, -0.05) is 395 Å². The quantitative estimate of drug-likeness (QED) is 0.0222. The summed E-state index contributed by atoms with van der Waals surface area (Å²) in [5.74, 6) is 0.269. The zero-order valence-corrected chi connectivity index (χ0v) is 70.3. The summed E-state index contributed by atoms with van der Waals surface area (Å²) in [6.45, 7) is 12.0. The molecule has 3 N–H and O–H groups in total. The molecule has 0 heterocycles. The van der Waals surface area contributed by atoms with Gasteiger partial charge in [-0.3, -0.25) is 37.3 Å². The lowest BCUT2D eigenvalue weighted by Gasteiger charge is -2.21. The van der Waals surface area contributed by atoms with Crippen LogP contribution in [0, 0.1) is 17.8 Å². The summed E-state index contributed by atoms with van der Waals surface area (Å²) in [6, 6.07) is 0. The topological polar surface area (TPSA) is 237 Å². The maximum atomic E-state index is 13.1. The number of phosphoric ester groups is 2. The monoisotopic (exact) mass is 1520 g/mol. The van der Waals surface area contributed by atoms with Crippen LogP contribution in [-0.2, 0) is 65.4 Å². The van der Waals surface area contributed by atoms with Gasteiger partial charge in [0.05, 0.1) is 26.4 Å². The van der Waals surface area contributed by atoms with E-state index in [1.165, 1.54) is 250 Å². The first kappa shape index (κ1) is 102. The lowest BCUT2D eigenvalue weighted by molar-refractivity contribution is -0.161. The number of carbonyl (C=O) groups excluding carboxylic acids is 4. The number of carbonyl (C=O) groups is 4. The molecule has 0 spiro atoms. The number of ether oxygens (including phenoxy) is 4. The average Bonchev–Trinajstić information content (AvgIpc) is 0.908. The summed E-state index contributed by atoms with van der Waals surface area (Å²) in [7, 11) is -9.93. The van der Waals surface area contributed by atoms with E-state index in [2.05, 4.69) is 48.5 Å². The number of esters is 4. The van der Waals surface area contributed by atoms with E-state index in [4.69, 9.17) is 37.0 Å². The van der Waals surface area contributed by atoms with E-state index >= 15 is 0 Å². The van der Waals surface area contributed by atoms with Crippen molar-refractivity contribution in [3.63, 3.8) is 0 Å². The highest BCUT2D eigenvalue weighted by atomic mass is 31.2. The third kappa shape index (κ3) is 76.8. The summed E-state index contributed by atoms with van der Waals surface area (Å²) in [4.78, 5) is 73.2. The van der Waals surface area contributed by atoms with Crippen LogP contribution in [-0.4, -0.2) is 96.7 Å². The fourth-order valence-electron chi connectivity index (χ4n) is 13.2. The van der Waals surface area contributed by atoms with Crippen LogP contribution >= 0.6 is 15.6 Å². The zero-order chi connectivity index (χ0) is 76.5. The van der Waals surface area contributed by atoms with Crippen molar-refractivity contribution in [3.8, 4) is 0 Å². The van der Waals surface area contributed by atoms with E-state index < -0.39 is 97.5 Å². The number of aliphatic hydroxyl groups excluding tert-OH is 1. The standard InChI is InChI=1S/C85H166O17P2/c1-8-10-11-12-13-14-15-16-21-29-34-39-46-54-61-68-85(90)102-81(73-96-83(88)67-60-53-48-41-43-50-57-64-77(5)6)75-100-104(93,94)98-71-79(86)70-97-103(91,92)99-74-80(72-95-82(87)66-59-52-45-38-33-28-25-24-27-32-37-44-51-58-65-78(7)9-2)101-84(89)69-62-55-47-40-35-30-23-20-18-17-19-22-26-31-36-42-49-56-63-76(3)4/h76-81,86H,8-75H2,1-7H3,(H,91,92)(H,93,94)/t78?,79-,80-,81-/m1/s1. The van der Waals surface area contributed by atoms with Crippen molar-refractivity contribution in [2.45, 2.75) is 465 Å². The molecule has 0 rings (SSSR count). The Labute approximate surface area is 638 Å². The van der Waals surface area contributed by atoms with Crippen LogP contribution < -0.4 is 0 Å².